The first-order valence-corrected chi connectivity index (χ1v) is 30.0. The summed E-state index contributed by atoms with van der Waals surface area (Å²) < 4.78 is 20.1. The Hall–Kier alpha value is -8.62. The molecular weight excluding hydrogens is 1110 g/mol. The Balaban J connectivity index is 0.872. The average molecular weight is 1170 g/mol. The molecule has 0 radical (unpaired) electrons. The summed E-state index contributed by atoms with van der Waals surface area (Å²) >= 11 is 5.71. The van der Waals surface area contributed by atoms with E-state index in [1.54, 1.807) is 48.1 Å². The maximum atomic E-state index is 14.9. The number of pyridine rings is 1. The maximum Gasteiger partial charge on any atom is 0.355 e. The van der Waals surface area contributed by atoms with Crippen LogP contribution in [0.3, 0.4) is 0 Å². The number of ether oxygens (including phenoxy) is 3. The van der Waals surface area contributed by atoms with Crippen molar-refractivity contribution in [1.29, 1.82) is 0 Å². The molecule has 0 saturated carbocycles. The lowest BCUT2D eigenvalue weighted by Gasteiger charge is -2.49. The molecular formula is C63H54N7O8S4+. The zero-order valence-electron chi connectivity index (χ0n) is 44.5. The molecule has 1 saturated heterocycles. The van der Waals surface area contributed by atoms with E-state index in [0.717, 1.165) is 48.1 Å². The number of amides is 2. The molecule has 0 bridgehead atoms. The fourth-order valence-corrected chi connectivity index (χ4v) is 14.0. The third-order valence-corrected chi connectivity index (χ3v) is 18.3. The lowest BCUT2D eigenvalue weighted by atomic mass is 9.77. The Labute approximate surface area is 490 Å². The summed E-state index contributed by atoms with van der Waals surface area (Å²) in [6, 6.07) is 59.0. The Morgan fingerprint density at radius 1 is 0.793 bits per heavy atom. The summed E-state index contributed by atoms with van der Waals surface area (Å²) in [6.07, 6.45) is 1.09. The smallest absolute Gasteiger partial charge is 0.355 e. The second-order valence-electron chi connectivity index (χ2n) is 19.0. The highest BCUT2D eigenvalue weighted by Gasteiger charge is 2.55. The van der Waals surface area contributed by atoms with Crippen LogP contribution in [0, 0.1) is 0 Å². The number of aromatic nitrogens is 3. The number of thioether (sulfide) groups is 2. The van der Waals surface area contributed by atoms with Crippen molar-refractivity contribution < 1.29 is 42.8 Å². The SMILES string of the molecule is COc1ccc(COC(=O)C2=C(CSc3nc4ccc[n+](C)c4s3)CS[C@H]3[C@@H](NC(=O)/C(=N\OCCC(=O)OC(c4ccccc4)c4ccccc4)c4csc(NC(c5ccccc5)(c5ccccc5)c5ccccc5)n4)C(=O)N23)cc1. The number of carbonyl (C=O) groups is 4. The summed E-state index contributed by atoms with van der Waals surface area (Å²) in [6.45, 7) is -0.301. The molecule has 0 spiro atoms. The Kier molecular flexibility index (Phi) is 17.2. The van der Waals surface area contributed by atoms with E-state index < -0.39 is 46.8 Å². The van der Waals surface area contributed by atoms with Crippen LogP contribution in [0.2, 0.25) is 0 Å². The number of oxime groups is 1. The van der Waals surface area contributed by atoms with Crippen molar-refractivity contribution in [2.45, 2.75) is 40.4 Å². The number of aryl methyl sites for hydroxylation is 1. The predicted octanol–water partition coefficient (Wildman–Crippen LogP) is 10.6. The molecule has 19 heteroatoms. The summed E-state index contributed by atoms with van der Waals surface area (Å²) in [5.41, 5.74) is 5.80. The molecule has 5 heterocycles. The first-order valence-electron chi connectivity index (χ1n) is 26.2. The first-order chi connectivity index (χ1) is 40.2. The molecule has 6 aromatic carbocycles. The molecule has 3 aromatic heterocycles. The largest absolute Gasteiger partial charge is 0.497 e. The minimum atomic E-state index is -1.08. The van der Waals surface area contributed by atoms with Crippen LogP contribution in [0.25, 0.3) is 10.3 Å². The monoisotopic (exact) mass is 1160 g/mol. The standard InChI is InChI=1S/C63H53N7O8S4/c1-69-35-18-29-49-58(69)82-62(65-49)81-39-44-38-79-59-53(57(73)70(59)54(44)60(74)76-37-41-30-32-48(75-2)33-31-41)66-56(72)52(68-77-36-34-51(71)78-55(42-19-8-3-9-20-42)43-21-10-4-11-22-43)50-40-80-61(64-50)67-63(45-23-12-5-13-24-45,46-25-14-6-15-26-46)47-27-16-7-17-28-47/h3-33,35,40,53,55,59H,34,36-39H2,1-2H3,(H-,64,66,67,72)/p+1/b68-52-/t53-,59-/m0/s1. The van der Waals surface area contributed by atoms with Gasteiger partial charge in [0.1, 0.15) is 59.9 Å². The van der Waals surface area contributed by atoms with Crippen molar-refractivity contribution in [3.63, 3.8) is 0 Å². The Morgan fingerprint density at radius 3 is 2.00 bits per heavy atom. The number of carbonyl (C=O) groups excluding carboxylic acids is 4. The molecule has 2 aliphatic rings. The number of hydrogen-bond acceptors (Lipinski definition) is 16. The van der Waals surface area contributed by atoms with Crippen LogP contribution < -0.4 is 19.9 Å². The molecule has 2 atom stereocenters. The molecule has 1 fully saturated rings. The number of nitrogens with one attached hydrogen (secondary N) is 2. The Bertz CT molecular complexity index is 3640. The van der Waals surface area contributed by atoms with Crippen molar-refractivity contribution in [1.82, 2.24) is 20.2 Å². The first kappa shape index (κ1) is 55.3. The van der Waals surface area contributed by atoms with Crippen molar-refractivity contribution in [2.24, 2.45) is 12.2 Å². The van der Waals surface area contributed by atoms with Crippen LogP contribution in [0.4, 0.5) is 5.13 Å². The van der Waals surface area contributed by atoms with E-state index >= 15 is 0 Å². The highest BCUT2D eigenvalue weighted by molar-refractivity contribution is 8.02. The number of esters is 2. The van der Waals surface area contributed by atoms with E-state index in [1.807, 2.05) is 145 Å². The van der Waals surface area contributed by atoms with Crippen LogP contribution >= 0.6 is 46.2 Å². The molecule has 2 amide bonds. The predicted molar refractivity (Wildman–Crippen MR) is 319 cm³/mol. The molecule has 9 aromatic rings. The summed E-state index contributed by atoms with van der Waals surface area (Å²) in [5, 5.41) is 12.5. The van der Waals surface area contributed by atoms with Gasteiger partial charge in [-0.05, 0) is 68.5 Å². The molecule has 11 rings (SSSR count). The van der Waals surface area contributed by atoms with Gasteiger partial charge in [-0.25, -0.2) is 14.8 Å². The molecule has 412 valence electrons. The third-order valence-electron chi connectivity index (χ3n) is 13.8. The third kappa shape index (κ3) is 12.0. The summed E-state index contributed by atoms with van der Waals surface area (Å²) in [7, 11) is 3.54. The number of anilines is 1. The van der Waals surface area contributed by atoms with Gasteiger partial charge in [-0.15, -0.1) is 23.1 Å². The van der Waals surface area contributed by atoms with Crippen LogP contribution in [0.15, 0.2) is 220 Å². The van der Waals surface area contributed by atoms with Crippen LogP contribution in [-0.4, -0.2) is 81.0 Å². The highest BCUT2D eigenvalue weighted by atomic mass is 32.2. The number of thiazole rings is 2. The summed E-state index contributed by atoms with van der Waals surface area (Å²) in [4.78, 5) is 75.4. The van der Waals surface area contributed by atoms with E-state index in [4.69, 9.17) is 29.0 Å². The second-order valence-corrected chi connectivity index (χ2v) is 23.2. The number of β-lactam (4-membered cyclic amide) rings is 1. The number of rotatable bonds is 22. The fourth-order valence-electron chi connectivity index (χ4n) is 9.74. The molecule has 15 nitrogen and oxygen atoms in total. The zero-order chi connectivity index (χ0) is 56.4. The van der Waals surface area contributed by atoms with Crippen molar-refractivity contribution >= 4 is 91.1 Å². The van der Waals surface area contributed by atoms with E-state index in [2.05, 4.69) is 52.2 Å². The average Bonchev–Trinajstić information content (AvgIpc) is 4.32. The van der Waals surface area contributed by atoms with Gasteiger partial charge < -0.3 is 29.7 Å². The number of nitrogens with zero attached hydrogens (tertiary/aromatic N) is 5. The Morgan fingerprint density at radius 2 is 1.40 bits per heavy atom. The van der Waals surface area contributed by atoms with Gasteiger partial charge in [0.25, 0.3) is 16.6 Å². The normalized spacial score (nSPS) is 15.1. The highest BCUT2D eigenvalue weighted by Crippen LogP contribution is 2.44. The lowest BCUT2D eigenvalue weighted by Crippen LogP contribution is -2.71. The van der Waals surface area contributed by atoms with Gasteiger partial charge in [-0.2, -0.15) is 4.57 Å². The number of hydrogen-bond donors (Lipinski definition) is 2. The van der Waals surface area contributed by atoms with Crippen molar-refractivity contribution in [2.75, 3.05) is 30.5 Å². The molecule has 82 heavy (non-hydrogen) atoms. The van der Waals surface area contributed by atoms with Crippen LogP contribution in [-0.2, 0) is 52.7 Å². The molecule has 0 aliphatic carbocycles. The van der Waals surface area contributed by atoms with Gasteiger partial charge >= 0.3 is 11.9 Å². The van der Waals surface area contributed by atoms with Gasteiger partial charge in [0.05, 0.1) is 13.5 Å². The molecule has 2 N–H and O–H groups in total. The summed E-state index contributed by atoms with van der Waals surface area (Å²) in [5.74, 6) is -1.11. The number of methoxy groups -OCH3 is 1. The molecule has 2 aliphatic heterocycles. The fraction of sp³-hybridized carbons (Fsp3) is 0.175. The second kappa shape index (κ2) is 25.4. The van der Waals surface area contributed by atoms with Crippen molar-refractivity contribution in [3.05, 3.63) is 250 Å². The van der Waals surface area contributed by atoms with E-state index in [0.29, 0.717) is 28.0 Å². The topological polar surface area (TPSA) is 175 Å². The van der Waals surface area contributed by atoms with E-state index in [-0.39, 0.29) is 36.7 Å². The van der Waals surface area contributed by atoms with Gasteiger partial charge in [0.2, 0.25) is 0 Å². The molecule has 0 unspecified atom stereocenters. The van der Waals surface area contributed by atoms with Crippen LogP contribution in [0.5, 0.6) is 5.75 Å². The number of benzene rings is 6. The lowest BCUT2D eigenvalue weighted by molar-refractivity contribution is -0.642. The maximum absolute atomic E-state index is 14.9. The minimum absolute atomic E-state index is 0.0487. The van der Waals surface area contributed by atoms with Gasteiger partial charge in [0, 0.05) is 23.0 Å². The zero-order valence-corrected chi connectivity index (χ0v) is 47.7. The van der Waals surface area contributed by atoms with Gasteiger partial charge in [-0.1, -0.05) is 181 Å². The van der Waals surface area contributed by atoms with E-state index in [1.165, 1.54) is 39.8 Å². The van der Waals surface area contributed by atoms with Crippen molar-refractivity contribution in [3.8, 4) is 5.75 Å². The minimum Gasteiger partial charge on any atom is -0.497 e. The van der Waals surface area contributed by atoms with E-state index in [9.17, 15) is 19.2 Å². The quantitative estimate of drug-likeness (QED) is 0.00960. The van der Waals surface area contributed by atoms with Gasteiger partial charge in [0.15, 0.2) is 27.5 Å². The number of fused-ring (bicyclic) bond motifs is 2. The van der Waals surface area contributed by atoms with Crippen LogP contribution in [0.1, 0.15) is 51.6 Å². The van der Waals surface area contributed by atoms with Gasteiger partial charge in [-0.3, -0.25) is 19.3 Å².